The normalized spacial score (nSPS) is 17.6. The Labute approximate surface area is 117 Å². The summed E-state index contributed by atoms with van der Waals surface area (Å²) in [5, 5.41) is 11.2. The number of rotatable bonds is 3. The molecule has 3 rings (SSSR count). The number of aryl methyl sites for hydroxylation is 1. The molecule has 1 aliphatic rings. The quantitative estimate of drug-likeness (QED) is 0.902. The van der Waals surface area contributed by atoms with Crippen LogP contribution in [-0.2, 0) is 5.54 Å². The first kappa shape index (κ1) is 13.3. The summed E-state index contributed by atoms with van der Waals surface area (Å²) < 4.78 is 10.4. The average molecular weight is 277 g/mol. The molecule has 0 aromatic carbocycles. The summed E-state index contributed by atoms with van der Waals surface area (Å²) in [6.45, 7) is 9.98. The molecule has 0 spiro atoms. The van der Waals surface area contributed by atoms with Crippen LogP contribution in [0, 0.1) is 6.92 Å². The predicted octanol–water partition coefficient (Wildman–Crippen LogP) is 1.17. The van der Waals surface area contributed by atoms with Gasteiger partial charge < -0.3 is 14.4 Å². The monoisotopic (exact) mass is 277 g/mol. The molecule has 0 atom stereocenters. The largest absolute Gasteiger partial charge is 0.361 e. The predicted molar refractivity (Wildman–Crippen MR) is 72.0 cm³/mol. The first-order valence-corrected chi connectivity index (χ1v) is 6.80. The van der Waals surface area contributed by atoms with Crippen LogP contribution in [0.2, 0.25) is 0 Å². The molecule has 0 saturated carbocycles. The highest BCUT2D eigenvalue weighted by atomic mass is 16.5. The van der Waals surface area contributed by atoms with Gasteiger partial charge in [-0.2, -0.15) is 4.98 Å². The summed E-state index contributed by atoms with van der Waals surface area (Å²) in [4.78, 5) is 6.88. The minimum atomic E-state index is -0.255. The van der Waals surface area contributed by atoms with E-state index in [9.17, 15) is 0 Å². The minimum absolute atomic E-state index is 0.255. The first-order chi connectivity index (χ1) is 9.59. The van der Waals surface area contributed by atoms with Crippen LogP contribution >= 0.6 is 0 Å². The highest BCUT2D eigenvalue weighted by molar-refractivity contribution is 5.53. The van der Waals surface area contributed by atoms with Crippen LogP contribution in [-0.4, -0.2) is 46.4 Å². The standard InChI is InChI=1S/C13H19N5O2/c1-9-10(8-15-19-9)11-16-12(17-20-11)13(2,3)18-6-4-14-5-7-18/h8,14H,4-7H2,1-3H3. The molecule has 0 bridgehead atoms. The van der Waals surface area contributed by atoms with Gasteiger partial charge in [0.1, 0.15) is 11.3 Å². The molecular formula is C13H19N5O2. The number of hydrogen-bond donors (Lipinski definition) is 1. The van der Waals surface area contributed by atoms with E-state index in [1.165, 1.54) is 0 Å². The zero-order valence-electron chi connectivity index (χ0n) is 12.0. The molecule has 0 unspecified atom stereocenters. The van der Waals surface area contributed by atoms with Crippen molar-refractivity contribution < 1.29 is 9.05 Å². The van der Waals surface area contributed by atoms with E-state index in [4.69, 9.17) is 9.05 Å². The van der Waals surface area contributed by atoms with Crippen molar-refractivity contribution in [2.75, 3.05) is 26.2 Å². The van der Waals surface area contributed by atoms with Crippen LogP contribution in [0.25, 0.3) is 11.5 Å². The van der Waals surface area contributed by atoms with Crippen LogP contribution in [0.5, 0.6) is 0 Å². The Morgan fingerprint density at radius 2 is 2.00 bits per heavy atom. The molecule has 0 amide bonds. The smallest absolute Gasteiger partial charge is 0.263 e. The van der Waals surface area contributed by atoms with Gasteiger partial charge in [0.2, 0.25) is 0 Å². The van der Waals surface area contributed by atoms with Gasteiger partial charge in [0.25, 0.3) is 5.89 Å². The fourth-order valence-corrected chi connectivity index (χ4v) is 2.45. The highest BCUT2D eigenvalue weighted by Gasteiger charge is 2.34. The lowest BCUT2D eigenvalue weighted by Crippen LogP contribution is -2.52. The third-order valence-electron chi connectivity index (χ3n) is 3.86. The molecule has 7 nitrogen and oxygen atoms in total. The number of nitrogens with one attached hydrogen (secondary N) is 1. The summed E-state index contributed by atoms with van der Waals surface area (Å²) in [6.07, 6.45) is 1.60. The van der Waals surface area contributed by atoms with Crippen molar-refractivity contribution in [2.45, 2.75) is 26.3 Å². The van der Waals surface area contributed by atoms with Gasteiger partial charge in [-0.25, -0.2) is 0 Å². The second-order valence-electron chi connectivity index (χ2n) is 5.51. The third-order valence-corrected chi connectivity index (χ3v) is 3.86. The zero-order chi connectivity index (χ0) is 14.2. The second kappa shape index (κ2) is 4.99. The Morgan fingerprint density at radius 3 is 2.65 bits per heavy atom. The highest BCUT2D eigenvalue weighted by Crippen LogP contribution is 2.28. The summed E-state index contributed by atoms with van der Waals surface area (Å²) in [5.41, 5.74) is 0.495. The molecule has 108 valence electrons. The van der Waals surface area contributed by atoms with Crippen LogP contribution in [0.1, 0.15) is 25.4 Å². The van der Waals surface area contributed by atoms with Crippen LogP contribution < -0.4 is 5.32 Å². The van der Waals surface area contributed by atoms with E-state index < -0.39 is 0 Å². The maximum absolute atomic E-state index is 5.36. The second-order valence-corrected chi connectivity index (χ2v) is 5.51. The SMILES string of the molecule is Cc1oncc1-c1nc(C(C)(C)N2CCNCC2)no1. The number of hydrogen-bond acceptors (Lipinski definition) is 7. The summed E-state index contributed by atoms with van der Waals surface area (Å²) in [6, 6.07) is 0. The van der Waals surface area contributed by atoms with Gasteiger partial charge in [-0.15, -0.1) is 0 Å². The van der Waals surface area contributed by atoms with Gasteiger partial charge in [-0.05, 0) is 20.8 Å². The van der Waals surface area contributed by atoms with E-state index >= 15 is 0 Å². The number of aromatic nitrogens is 3. The molecule has 3 heterocycles. The molecule has 1 N–H and O–H groups in total. The van der Waals surface area contributed by atoms with Gasteiger partial charge in [0.05, 0.1) is 11.7 Å². The Hall–Kier alpha value is -1.73. The lowest BCUT2D eigenvalue weighted by molar-refractivity contribution is 0.0925. The lowest BCUT2D eigenvalue weighted by atomic mass is 10.0. The van der Waals surface area contributed by atoms with E-state index in [-0.39, 0.29) is 5.54 Å². The fourth-order valence-electron chi connectivity index (χ4n) is 2.45. The molecule has 1 fully saturated rings. The van der Waals surface area contributed by atoms with Crippen molar-refractivity contribution in [3.05, 3.63) is 17.8 Å². The molecule has 0 aliphatic carbocycles. The molecule has 2 aromatic heterocycles. The molecule has 2 aromatic rings. The Morgan fingerprint density at radius 1 is 1.25 bits per heavy atom. The van der Waals surface area contributed by atoms with Crippen molar-refractivity contribution >= 4 is 0 Å². The number of nitrogens with zero attached hydrogens (tertiary/aromatic N) is 4. The van der Waals surface area contributed by atoms with E-state index in [2.05, 4.69) is 39.4 Å². The summed E-state index contributed by atoms with van der Waals surface area (Å²) in [7, 11) is 0. The van der Waals surface area contributed by atoms with Gasteiger partial charge in [-0.1, -0.05) is 10.3 Å². The van der Waals surface area contributed by atoms with Crippen molar-refractivity contribution in [3.8, 4) is 11.5 Å². The summed E-state index contributed by atoms with van der Waals surface area (Å²) in [5.74, 6) is 1.83. The summed E-state index contributed by atoms with van der Waals surface area (Å²) >= 11 is 0. The van der Waals surface area contributed by atoms with Crippen molar-refractivity contribution in [1.82, 2.24) is 25.5 Å². The van der Waals surface area contributed by atoms with Crippen LogP contribution in [0.3, 0.4) is 0 Å². The lowest BCUT2D eigenvalue weighted by Gasteiger charge is -2.38. The molecule has 7 heteroatoms. The van der Waals surface area contributed by atoms with E-state index in [1.807, 2.05) is 6.92 Å². The molecule has 20 heavy (non-hydrogen) atoms. The van der Waals surface area contributed by atoms with E-state index in [0.717, 1.165) is 31.7 Å². The average Bonchev–Trinajstić information content (AvgIpc) is 3.08. The Kier molecular flexibility index (Phi) is 3.31. The maximum atomic E-state index is 5.36. The Balaban J connectivity index is 1.87. The molecular weight excluding hydrogens is 258 g/mol. The van der Waals surface area contributed by atoms with Crippen LogP contribution in [0.15, 0.2) is 15.2 Å². The van der Waals surface area contributed by atoms with Gasteiger partial charge in [-0.3, -0.25) is 4.90 Å². The van der Waals surface area contributed by atoms with E-state index in [1.54, 1.807) is 6.20 Å². The van der Waals surface area contributed by atoms with Gasteiger partial charge in [0, 0.05) is 26.2 Å². The zero-order valence-corrected chi connectivity index (χ0v) is 12.0. The topological polar surface area (TPSA) is 80.2 Å². The molecule has 0 radical (unpaired) electrons. The molecule has 1 saturated heterocycles. The number of piperazine rings is 1. The minimum Gasteiger partial charge on any atom is -0.361 e. The van der Waals surface area contributed by atoms with Crippen molar-refractivity contribution in [3.63, 3.8) is 0 Å². The van der Waals surface area contributed by atoms with E-state index in [0.29, 0.717) is 17.5 Å². The third kappa shape index (κ3) is 2.23. The van der Waals surface area contributed by atoms with Gasteiger partial charge >= 0.3 is 0 Å². The molecule has 1 aliphatic heterocycles. The van der Waals surface area contributed by atoms with Crippen molar-refractivity contribution in [1.29, 1.82) is 0 Å². The van der Waals surface area contributed by atoms with Gasteiger partial charge in [0.15, 0.2) is 5.82 Å². The van der Waals surface area contributed by atoms with Crippen LogP contribution in [0.4, 0.5) is 0 Å². The maximum Gasteiger partial charge on any atom is 0.263 e. The van der Waals surface area contributed by atoms with Crippen molar-refractivity contribution in [2.24, 2.45) is 0 Å². The Bertz CT molecular complexity index is 583. The first-order valence-electron chi connectivity index (χ1n) is 6.80. The fraction of sp³-hybridized carbons (Fsp3) is 0.615.